The SMILES string of the molecule is O=C(c1cccc(-c2cnc3c(c2)N(Cc2cc(Cl)ccc2C(F)(F)F)CCN3)c1)N1CCN(c2cccc(C(F)(F)F)c2)CC1. The van der Waals surface area contributed by atoms with Gasteiger partial charge in [0.2, 0.25) is 0 Å². The molecule has 240 valence electrons. The van der Waals surface area contributed by atoms with Gasteiger partial charge < -0.3 is 20.0 Å². The van der Waals surface area contributed by atoms with Gasteiger partial charge in [0, 0.05) is 73.8 Å². The van der Waals surface area contributed by atoms with Crippen molar-refractivity contribution < 1.29 is 31.1 Å². The van der Waals surface area contributed by atoms with Crippen LogP contribution in [0.1, 0.15) is 27.0 Å². The maximum Gasteiger partial charge on any atom is 0.416 e. The third-order valence-electron chi connectivity index (χ3n) is 8.16. The summed E-state index contributed by atoms with van der Waals surface area (Å²) < 4.78 is 80.8. The Morgan fingerprint density at radius 1 is 0.826 bits per heavy atom. The van der Waals surface area contributed by atoms with E-state index in [9.17, 15) is 31.1 Å². The fourth-order valence-corrected chi connectivity index (χ4v) is 6.01. The molecule has 1 aromatic heterocycles. The Labute approximate surface area is 266 Å². The Kier molecular flexibility index (Phi) is 8.49. The lowest BCUT2D eigenvalue weighted by Gasteiger charge is -2.36. The first-order chi connectivity index (χ1) is 21.9. The number of hydrogen-bond acceptors (Lipinski definition) is 5. The van der Waals surface area contributed by atoms with Crippen molar-refractivity contribution in [1.82, 2.24) is 9.88 Å². The average Bonchev–Trinajstić information content (AvgIpc) is 3.04. The summed E-state index contributed by atoms with van der Waals surface area (Å²) in [6, 6.07) is 17.6. The Bertz CT molecular complexity index is 1750. The first-order valence-corrected chi connectivity index (χ1v) is 14.9. The molecule has 1 saturated heterocycles. The van der Waals surface area contributed by atoms with E-state index in [0.717, 1.165) is 18.2 Å². The summed E-state index contributed by atoms with van der Waals surface area (Å²) >= 11 is 6.06. The molecule has 2 aliphatic rings. The van der Waals surface area contributed by atoms with E-state index in [-0.39, 0.29) is 23.0 Å². The summed E-state index contributed by atoms with van der Waals surface area (Å²) in [5.41, 5.74) is 1.49. The molecule has 0 spiro atoms. The number of halogens is 7. The predicted molar refractivity (Wildman–Crippen MR) is 165 cm³/mol. The van der Waals surface area contributed by atoms with Gasteiger partial charge in [0.15, 0.2) is 0 Å². The zero-order valence-corrected chi connectivity index (χ0v) is 25.1. The van der Waals surface area contributed by atoms with Gasteiger partial charge in [-0.2, -0.15) is 26.3 Å². The number of nitrogens with zero attached hydrogens (tertiary/aromatic N) is 4. The number of hydrogen-bond donors (Lipinski definition) is 1. The van der Waals surface area contributed by atoms with Gasteiger partial charge in [0.1, 0.15) is 5.82 Å². The van der Waals surface area contributed by atoms with Gasteiger partial charge in [-0.05, 0) is 65.7 Å². The van der Waals surface area contributed by atoms with Crippen LogP contribution in [-0.2, 0) is 18.9 Å². The van der Waals surface area contributed by atoms with Crippen LogP contribution in [0.4, 0.5) is 43.5 Å². The van der Waals surface area contributed by atoms with E-state index in [2.05, 4.69) is 10.3 Å². The molecule has 6 nitrogen and oxygen atoms in total. The second-order valence-electron chi connectivity index (χ2n) is 11.1. The fraction of sp³-hybridized carbons (Fsp3) is 0.273. The van der Waals surface area contributed by atoms with E-state index < -0.39 is 23.5 Å². The zero-order chi connectivity index (χ0) is 32.6. The average molecular weight is 660 g/mol. The Morgan fingerprint density at radius 2 is 1.59 bits per heavy atom. The van der Waals surface area contributed by atoms with Crippen molar-refractivity contribution in [1.29, 1.82) is 0 Å². The number of amides is 1. The molecule has 4 aromatic rings. The summed E-state index contributed by atoms with van der Waals surface area (Å²) in [6.45, 7) is 2.34. The first-order valence-electron chi connectivity index (χ1n) is 14.5. The molecule has 13 heteroatoms. The third kappa shape index (κ3) is 6.72. The van der Waals surface area contributed by atoms with Crippen LogP contribution in [0, 0.1) is 0 Å². The van der Waals surface area contributed by atoms with Crippen LogP contribution in [0.3, 0.4) is 0 Å². The lowest BCUT2D eigenvalue weighted by atomic mass is 10.0. The summed E-state index contributed by atoms with van der Waals surface area (Å²) in [4.78, 5) is 23.3. The molecule has 1 amide bonds. The Balaban J connectivity index is 1.19. The van der Waals surface area contributed by atoms with Gasteiger partial charge in [0.05, 0.1) is 16.8 Å². The van der Waals surface area contributed by atoms with Crippen LogP contribution in [0.2, 0.25) is 5.02 Å². The summed E-state index contributed by atoms with van der Waals surface area (Å²) in [7, 11) is 0. The Morgan fingerprint density at radius 3 is 2.33 bits per heavy atom. The molecule has 0 aliphatic carbocycles. The number of rotatable bonds is 5. The fourth-order valence-electron chi connectivity index (χ4n) is 5.82. The van der Waals surface area contributed by atoms with Gasteiger partial charge in [-0.15, -0.1) is 0 Å². The molecule has 2 aliphatic heterocycles. The van der Waals surface area contributed by atoms with Crippen LogP contribution in [0.5, 0.6) is 0 Å². The normalized spacial score (nSPS) is 15.4. The van der Waals surface area contributed by atoms with E-state index in [4.69, 9.17) is 11.6 Å². The highest BCUT2D eigenvalue weighted by atomic mass is 35.5. The molecule has 1 N–H and O–H groups in total. The molecule has 0 atom stereocenters. The number of alkyl halides is 6. The second-order valence-corrected chi connectivity index (χ2v) is 11.6. The third-order valence-corrected chi connectivity index (χ3v) is 8.40. The number of aromatic nitrogens is 1. The van der Waals surface area contributed by atoms with Crippen LogP contribution in [0.15, 0.2) is 79.0 Å². The molecule has 0 bridgehead atoms. The van der Waals surface area contributed by atoms with Gasteiger partial charge in [0.25, 0.3) is 5.91 Å². The second kappa shape index (κ2) is 12.4. The highest BCUT2D eigenvalue weighted by molar-refractivity contribution is 6.30. The monoisotopic (exact) mass is 659 g/mol. The maximum atomic E-state index is 13.7. The standard InChI is InChI=1S/C33H28ClF6N5O/c34-26-7-8-28(33(38,39)40)24(16-26)20-45-10-9-41-30-29(45)17-23(19-42-30)21-3-1-4-22(15-21)31(46)44-13-11-43(12-14-44)27-6-2-5-25(18-27)32(35,36)37/h1-8,15-19H,9-14,20H2,(H,41,42). The lowest BCUT2D eigenvalue weighted by Crippen LogP contribution is -2.48. The highest BCUT2D eigenvalue weighted by Crippen LogP contribution is 2.37. The molecule has 1 fully saturated rings. The molecule has 3 heterocycles. The van der Waals surface area contributed by atoms with Crippen molar-refractivity contribution in [3.8, 4) is 11.1 Å². The molecule has 0 saturated carbocycles. The number of carbonyl (C=O) groups is 1. The summed E-state index contributed by atoms with van der Waals surface area (Å²) in [5.74, 6) is 0.330. The molecule has 0 radical (unpaired) electrons. The number of benzene rings is 3. The topological polar surface area (TPSA) is 51.7 Å². The number of nitrogens with one attached hydrogen (secondary N) is 1. The van der Waals surface area contributed by atoms with Crippen LogP contribution in [-0.4, -0.2) is 55.1 Å². The van der Waals surface area contributed by atoms with Crippen LogP contribution < -0.4 is 15.1 Å². The van der Waals surface area contributed by atoms with Crippen molar-refractivity contribution in [2.45, 2.75) is 18.9 Å². The number of carbonyl (C=O) groups excluding carboxylic acids is 1. The Hall–Kier alpha value is -4.45. The first kappa shape index (κ1) is 31.5. The summed E-state index contributed by atoms with van der Waals surface area (Å²) in [6.07, 6.45) is -7.32. The van der Waals surface area contributed by atoms with Crippen molar-refractivity contribution in [3.05, 3.63) is 106 Å². The molecule has 46 heavy (non-hydrogen) atoms. The smallest absolute Gasteiger partial charge is 0.368 e. The van der Waals surface area contributed by atoms with E-state index in [1.807, 2.05) is 21.9 Å². The number of anilines is 3. The lowest BCUT2D eigenvalue weighted by molar-refractivity contribution is -0.138. The van der Waals surface area contributed by atoms with Gasteiger partial charge >= 0.3 is 12.4 Å². The van der Waals surface area contributed by atoms with Gasteiger partial charge in [-0.1, -0.05) is 29.8 Å². The van der Waals surface area contributed by atoms with Crippen molar-refractivity contribution in [2.24, 2.45) is 0 Å². The van der Waals surface area contributed by atoms with Crippen LogP contribution >= 0.6 is 11.6 Å². The van der Waals surface area contributed by atoms with Crippen molar-refractivity contribution in [3.63, 3.8) is 0 Å². The minimum Gasteiger partial charge on any atom is -0.368 e. The molecular formula is C33H28ClF6N5O. The maximum absolute atomic E-state index is 13.7. The quantitative estimate of drug-likeness (QED) is 0.221. The largest absolute Gasteiger partial charge is 0.416 e. The number of pyridine rings is 1. The zero-order valence-electron chi connectivity index (χ0n) is 24.3. The minimum absolute atomic E-state index is 0.0276. The highest BCUT2D eigenvalue weighted by Gasteiger charge is 2.34. The van der Waals surface area contributed by atoms with Gasteiger partial charge in [-0.25, -0.2) is 4.98 Å². The van der Waals surface area contributed by atoms with Crippen molar-refractivity contribution >= 4 is 34.7 Å². The van der Waals surface area contributed by atoms with Gasteiger partial charge in [-0.3, -0.25) is 4.79 Å². The van der Waals surface area contributed by atoms with E-state index in [1.54, 1.807) is 35.4 Å². The van der Waals surface area contributed by atoms with Crippen molar-refractivity contribution in [2.75, 3.05) is 54.4 Å². The predicted octanol–water partition coefficient (Wildman–Crippen LogP) is 7.83. The summed E-state index contributed by atoms with van der Waals surface area (Å²) in [5, 5.41) is 3.40. The molecule has 6 rings (SSSR count). The van der Waals surface area contributed by atoms with Crippen LogP contribution in [0.25, 0.3) is 11.1 Å². The number of fused-ring (bicyclic) bond motifs is 1. The molecular weight excluding hydrogens is 632 g/mol. The van der Waals surface area contributed by atoms with E-state index in [1.165, 1.54) is 18.2 Å². The molecule has 3 aromatic carbocycles. The van der Waals surface area contributed by atoms with E-state index >= 15 is 0 Å². The minimum atomic E-state index is -4.53. The number of piperazine rings is 1. The molecule has 0 unspecified atom stereocenters. The van der Waals surface area contributed by atoms with E-state index in [0.29, 0.717) is 73.2 Å².